The van der Waals surface area contributed by atoms with Crippen LogP contribution in [0.15, 0.2) is 97.2 Å². The Balaban J connectivity index is 1.61. The highest BCUT2D eigenvalue weighted by atomic mass is 35.5. The van der Waals surface area contributed by atoms with Crippen LogP contribution in [0.25, 0.3) is 16.8 Å². The first-order valence-electron chi connectivity index (χ1n) is 11.5. The molecular weight excluding hydrogens is 458 g/mol. The van der Waals surface area contributed by atoms with E-state index in [1.807, 2.05) is 42.5 Å². The van der Waals surface area contributed by atoms with Gasteiger partial charge in [-0.05, 0) is 38.5 Å². The van der Waals surface area contributed by atoms with E-state index in [0.29, 0.717) is 5.15 Å². The van der Waals surface area contributed by atoms with Crippen molar-refractivity contribution in [3.05, 3.63) is 108 Å². The standard InChI is InChI=1S/C29H30ClNO2Si/c1-29(2,3)34(25-10-6-4-7-11-25,26-12-8-5-9-13-26)33-21-24(32)17-15-22-14-16-23-18-19-31-28(30)27(23)20-22/h4-20,24,32H,21H2,1-3H3/b17-15+/t24-/m0/s1. The van der Waals surface area contributed by atoms with Gasteiger partial charge in [0.1, 0.15) is 5.15 Å². The van der Waals surface area contributed by atoms with Crippen LogP contribution >= 0.6 is 11.6 Å². The molecule has 0 aliphatic rings. The third-order valence-electron chi connectivity index (χ3n) is 6.14. The van der Waals surface area contributed by atoms with E-state index in [0.717, 1.165) is 16.3 Å². The minimum Gasteiger partial charge on any atom is -0.404 e. The molecule has 0 fully saturated rings. The highest BCUT2D eigenvalue weighted by Gasteiger charge is 2.50. The Morgan fingerprint density at radius 1 is 0.941 bits per heavy atom. The summed E-state index contributed by atoms with van der Waals surface area (Å²) < 4.78 is 6.81. The van der Waals surface area contributed by atoms with Gasteiger partial charge in [0.25, 0.3) is 8.32 Å². The van der Waals surface area contributed by atoms with E-state index in [2.05, 4.69) is 74.3 Å². The van der Waals surface area contributed by atoms with Crippen LogP contribution in [0.1, 0.15) is 26.3 Å². The van der Waals surface area contributed by atoms with Crippen molar-refractivity contribution in [3.63, 3.8) is 0 Å². The molecule has 34 heavy (non-hydrogen) atoms. The van der Waals surface area contributed by atoms with Gasteiger partial charge in [0.05, 0.1) is 12.7 Å². The molecule has 1 atom stereocenters. The van der Waals surface area contributed by atoms with Crippen LogP contribution in [0.2, 0.25) is 10.2 Å². The van der Waals surface area contributed by atoms with Crippen molar-refractivity contribution >= 4 is 47.1 Å². The number of pyridine rings is 1. The second kappa shape index (κ2) is 10.2. The maximum absolute atomic E-state index is 10.9. The molecule has 0 amide bonds. The van der Waals surface area contributed by atoms with Crippen molar-refractivity contribution in [3.8, 4) is 0 Å². The van der Waals surface area contributed by atoms with Crippen LogP contribution in [-0.2, 0) is 4.43 Å². The largest absolute Gasteiger partial charge is 0.404 e. The van der Waals surface area contributed by atoms with Gasteiger partial charge >= 0.3 is 0 Å². The van der Waals surface area contributed by atoms with E-state index in [-0.39, 0.29) is 11.6 Å². The highest BCUT2D eigenvalue weighted by molar-refractivity contribution is 6.99. The number of aliphatic hydroxyl groups excluding tert-OH is 1. The van der Waals surface area contributed by atoms with Crippen molar-refractivity contribution in [2.24, 2.45) is 0 Å². The summed E-state index contributed by atoms with van der Waals surface area (Å²) in [4.78, 5) is 4.16. The molecular formula is C29H30ClNO2Si. The molecule has 3 aromatic carbocycles. The summed E-state index contributed by atoms with van der Waals surface area (Å²) in [6.07, 6.45) is 4.64. The van der Waals surface area contributed by atoms with E-state index in [9.17, 15) is 5.11 Å². The van der Waals surface area contributed by atoms with Crippen LogP contribution < -0.4 is 10.4 Å². The van der Waals surface area contributed by atoms with Crippen LogP contribution in [0.5, 0.6) is 0 Å². The topological polar surface area (TPSA) is 42.4 Å². The van der Waals surface area contributed by atoms with Crippen molar-refractivity contribution in [1.29, 1.82) is 0 Å². The van der Waals surface area contributed by atoms with Gasteiger partial charge in [0.2, 0.25) is 0 Å². The average Bonchev–Trinajstić information content (AvgIpc) is 2.84. The third kappa shape index (κ3) is 5.01. The van der Waals surface area contributed by atoms with E-state index in [1.165, 1.54) is 10.4 Å². The van der Waals surface area contributed by atoms with Gasteiger partial charge in [0.15, 0.2) is 0 Å². The summed E-state index contributed by atoms with van der Waals surface area (Å²) in [7, 11) is -2.68. The predicted molar refractivity (Wildman–Crippen MR) is 145 cm³/mol. The molecule has 4 aromatic rings. The Morgan fingerprint density at radius 3 is 2.15 bits per heavy atom. The number of aromatic nitrogens is 1. The summed E-state index contributed by atoms with van der Waals surface area (Å²) in [6, 6.07) is 28.8. The molecule has 1 N–H and O–H groups in total. The molecule has 174 valence electrons. The zero-order valence-corrected chi connectivity index (χ0v) is 21.5. The predicted octanol–water partition coefficient (Wildman–Crippen LogP) is 5.84. The molecule has 0 unspecified atom stereocenters. The smallest absolute Gasteiger partial charge is 0.261 e. The van der Waals surface area contributed by atoms with Crippen LogP contribution in [0.4, 0.5) is 0 Å². The number of aliphatic hydroxyl groups is 1. The van der Waals surface area contributed by atoms with Crippen LogP contribution in [0.3, 0.4) is 0 Å². The fourth-order valence-corrected chi connectivity index (χ4v) is 9.30. The molecule has 0 saturated carbocycles. The molecule has 5 heteroatoms. The maximum Gasteiger partial charge on any atom is 0.261 e. The van der Waals surface area contributed by atoms with Gasteiger partial charge in [-0.3, -0.25) is 0 Å². The number of nitrogens with zero attached hydrogens (tertiary/aromatic N) is 1. The van der Waals surface area contributed by atoms with Crippen molar-refractivity contribution in [2.45, 2.75) is 31.9 Å². The first-order valence-corrected chi connectivity index (χ1v) is 13.8. The monoisotopic (exact) mass is 487 g/mol. The third-order valence-corrected chi connectivity index (χ3v) is 11.4. The number of rotatable bonds is 7. The van der Waals surface area contributed by atoms with E-state index < -0.39 is 14.4 Å². The minimum atomic E-state index is -2.68. The average molecular weight is 488 g/mol. The lowest BCUT2D eigenvalue weighted by molar-refractivity contribution is 0.139. The molecule has 4 rings (SSSR count). The number of halogens is 1. The van der Waals surface area contributed by atoms with E-state index in [4.69, 9.17) is 16.0 Å². The first kappa shape index (κ1) is 24.4. The number of hydrogen-bond donors (Lipinski definition) is 1. The number of benzene rings is 3. The Bertz CT molecular complexity index is 1230. The highest BCUT2D eigenvalue weighted by Crippen LogP contribution is 2.36. The van der Waals surface area contributed by atoms with Gasteiger partial charge in [-0.1, -0.05) is 117 Å². The minimum absolute atomic E-state index is 0.138. The van der Waals surface area contributed by atoms with Gasteiger partial charge in [0, 0.05) is 11.6 Å². The lowest BCUT2D eigenvalue weighted by atomic mass is 10.1. The van der Waals surface area contributed by atoms with Crippen molar-refractivity contribution in [1.82, 2.24) is 4.98 Å². The van der Waals surface area contributed by atoms with Gasteiger partial charge in [-0.15, -0.1) is 0 Å². The zero-order chi connectivity index (χ0) is 24.2. The summed E-state index contributed by atoms with van der Waals surface area (Å²) in [5.74, 6) is 0. The summed E-state index contributed by atoms with van der Waals surface area (Å²) in [5.41, 5.74) is 0.951. The Kier molecular flexibility index (Phi) is 7.34. The Labute approximate surface area is 207 Å². The van der Waals surface area contributed by atoms with E-state index >= 15 is 0 Å². The molecule has 1 aromatic heterocycles. The Morgan fingerprint density at radius 2 is 1.56 bits per heavy atom. The second-order valence-electron chi connectivity index (χ2n) is 9.48. The summed E-state index contributed by atoms with van der Waals surface area (Å²) in [6.45, 7) is 6.90. The quantitative estimate of drug-likeness (QED) is 0.263. The number of fused-ring (bicyclic) bond motifs is 1. The summed E-state index contributed by atoms with van der Waals surface area (Å²) >= 11 is 6.25. The number of hydrogen-bond acceptors (Lipinski definition) is 3. The molecule has 0 aliphatic heterocycles. The lowest BCUT2D eigenvalue weighted by Gasteiger charge is -2.43. The van der Waals surface area contributed by atoms with Crippen molar-refractivity contribution in [2.75, 3.05) is 6.61 Å². The molecule has 1 heterocycles. The van der Waals surface area contributed by atoms with Crippen LogP contribution in [-0.4, -0.2) is 31.1 Å². The molecule has 0 aliphatic carbocycles. The van der Waals surface area contributed by atoms with Gasteiger partial charge in [-0.2, -0.15) is 0 Å². The molecule has 0 radical (unpaired) electrons. The van der Waals surface area contributed by atoms with Gasteiger partial charge < -0.3 is 9.53 Å². The fraction of sp³-hybridized carbons (Fsp3) is 0.207. The second-order valence-corrected chi connectivity index (χ2v) is 14.1. The molecule has 0 saturated heterocycles. The Hall–Kier alpha value is -2.76. The normalized spacial score (nSPS) is 13.4. The molecule has 0 bridgehead atoms. The lowest BCUT2D eigenvalue weighted by Crippen LogP contribution is -2.67. The van der Waals surface area contributed by atoms with Crippen LogP contribution in [0, 0.1) is 0 Å². The maximum atomic E-state index is 10.9. The summed E-state index contributed by atoms with van der Waals surface area (Å²) in [5, 5.41) is 15.5. The molecule has 0 spiro atoms. The van der Waals surface area contributed by atoms with Crippen molar-refractivity contribution < 1.29 is 9.53 Å². The SMILES string of the molecule is CC(C)(C)[Si](OC[C@@H](O)/C=C/c1ccc2ccnc(Cl)c2c1)(c1ccccc1)c1ccccc1. The molecule has 3 nitrogen and oxygen atoms in total. The zero-order valence-electron chi connectivity index (χ0n) is 19.8. The van der Waals surface area contributed by atoms with Gasteiger partial charge in [-0.25, -0.2) is 4.98 Å². The first-order chi connectivity index (χ1) is 16.3. The van der Waals surface area contributed by atoms with E-state index in [1.54, 1.807) is 12.3 Å². The fourth-order valence-electron chi connectivity index (χ4n) is 4.50.